The zero-order valence-corrected chi connectivity index (χ0v) is 14.2. The first-order valence-electron chi connectivity index (χ1n) is 8.19. The summed E-state index contributed by atoms with van der Waals surface area (Å²) in [7, 11) is 1.47. The predicted molar refractivity (Wildman–Crippen MR) is 86.9 cm³/mol. The Hall–Kier alpha value is -1.95. The number of carbonyl (C=O) groups excluding carboxylic acids is 2. The summed E-state index contributed by atoms with van der Waals surface area (Å²) in [4.78, 5) is 26.5. The second-order valence-corrected chi connectivity index (χ2v) is 6.16. The Morgan fingerprint density at radius 3 is 2.62 bits per heavy atom. The molecule has 0 spiro atoms. The van der Waals surface area contributed by atoms with E-state index in [9.17, 15) is 14.0 Å². The van der Waals surface area contributed by atoms with Crippen molar-refractivity contribution in [1.29, 1.82) is 0 Å². The zero-order chi connectivity index (χ0) is 17.6. The molecule has 0 bridgehead atoms. The zero-order valence-electron chi connectivity index (χ0n) is 14.2. The molecule has 1 heterocycles. The highest BCUT2D eigenvalue weighted by molar-refractivity contribution is 5.81. The number of hydrogen-bond acceptors (Lipinski definition) is 4. The summed E-state index contributed by atoms with van der Waals surface area (Å²) in [6.45, 7) is 2.95. The van der Waals surface area contributed by atoms with Gasteiger partial charge < -0.3 is 14.4 Å². The minimum Gasteiger partial charge on any atom is -0.466 e. The minimum absolute atomic E-state index is 0.00451. The normalized spacial score (nSPS) is 20.7. The van der Waals surface area contributed by atoms with Crippen LogP contribution in [0.4, 0.5) is 4.39 Å². The molecule has 1 saturated heterocycles. The summed E-state index contributed by atoms with van der Waals surface area (Å²) in [5.74, 6) is -0.751. The summed E-state index contributed by atoms with van der Waals surface area (Å²) in [5, 5.41) is 0. The van der Waals surface area contributed by atoms with E-state index < -0.39 is 5.41 Å². The number of esters is 1. The van der Waals surface area contributed by atoms with E-state index >= 15 is 0 Å². The summed E-state index contributed by atoms with van der Waals surface area (Å²) in [6, 6.07) is 6.11. The van der Waals surface area contributed by atoms with Gasteiger partial charge in [-0.3, -0.25) is 9.59 Å². The summed E-state index contributed by atoms with van der Waals surface area (Å²) in [6.07, 6.45) is 1.78. The molecule has 1 aliphatic rings. The van der Waals surface area contributed by atoms with Gasteiger partial charge in [-0.1, -0.05) is 12.1 Å². The quantitative estimate of drug-likeness (QED) is 0.747. The van der Waals surface area contributed by atoms with E-state index in [1.807, 2.05) is 0 Å². The minimum atomic E-state index is -0.796. The lowest BCUT2D eigenvalue weighted by Crippen LogP contribution is -2.52. The number of likely N-dealkylation sites (tertiary alicyclic amines) is 1. The first-order valence-corrected chi connectivity index (χ1v) is 8.19. The number of ether oxygens (including phenoxy) is 2. The molecular formula is C18H24FNO4. The van der Waals surface area contributed by atoms with Gasteiger partial charge in [0.15, 0.2) is 0 Å². The molecule has 0 N–H and O–H groups in total. The fourth-order valence-corrected chi connectivity index (χ4v) is 3.22. The Morgan fingerprint density at radius 1 is 1.29 bits per heavy atom. The van der Waals surface area contributed by atoms with E-state index in [2.05, 4.69) is 0 Å². The molecule has 0 aliphatic carbocycles. The molecule has 1 fully saturated rings. The third-order valence-electron chi connectivity index (χ3n) is 4.36. The third kappa shape index (κ3) is 4.32. The first kappa shape index (κ1) is 18.4. The maximum Gasteiger partial charge on any atom is 0.314 e. The Balaban J connectivity index is 2.24. The van der Waals surface area contributed by atoms with Crippen LogP contribution in [0, 0.1) is 11.2 Å². The Labute approximate surface area is 141 Å². The first-order chi connectivity index (χ1) is 11.5. The highest BCUT2D eigenvalue weighted by atomic mass is 19.1. The van der Waals surface area contributed by atoms with Crippen LogP contribution in [0.5, 0.6) is 0 Å². The van der Waals surface area contributed by atoms with Crippen LogP contribution in [-0.2, 0) is 25.5 Å². The number of rotatable bonds is 6. The van der Waals surface area contributed by atoms with Gasteiger partial charge in [-0.25, -0.2) is 4.39 Å². The van der Waals surface area contributed by atoms with Gasteiger partial charge in [-0.15, -0.1) is 0 Å². The lowest BCUT2D eigenvalue weighted by atomic mass is 9.75. The van der Waals surface area contributed by atoms with E-state index in [0.717, 1.165) is 12.0 Å². The molecule has 2 rings (SSSR count). The van der Waals surface area contributed by atoms with Crippen LogP contribution in [-0.4, -0.2) is 50.2 Å². The molecule has 1 amide bonds. The number of methoxy groups -OCH3 is 1. The van der Waals surface area contributed by atoms with Crippen LogP contribution in [0.1, 0.15) is 25.3 Å². The van der Waals surface area contributed by atoms with Crippen molar-refractivity contribution in [2.24, 2.45) is 5.41 Å². The van der Waals surface area contributed by atoms with Crippen molar-refractivity contribution in [3.05, 3.63) is 35.6 Å². The Morgan fingerprint density at radius 2 is 2.00 bits per heavy atom. The molecule has 1 aromatic rings. The third-order valence-corrected chi connectivity index (χ3v) is 4.36. The van der Waals surface area contributed by atoms with Gasteiger partial charge in [0.1, 0.15) is 12.4 Å². The van der Waals surface area contributed by atoms with Crippen molar-refractivity contribution in [3.8, 4) is 0 Å². The molecule has 0 aromatic heterocycles. The summed E-state index contributed by atoms with van der Waals surface area (Å²) in [5.41, 5.74) is 0.0562. The van der Waals surface area contributed by atoms with Gasteiger partial charge in [0.2, 0.25) is 5.91 Å². The molecule has 1 aromatic carbocycles. The Kier molecular flexibility index (Phi) is 6.31. The number of halogens is 1. The van der Waals surface area contributed by atoms with E-state index in [1.54, 1.807) is 24.0 Å². The molecule has 5 nitrogen and oxygen atoms in total. The smallest absolute Gasteiger partial charge is 0.314 e. The van der Waals surface area contributed by atoms with Crippen molar-refractivity contribution in [2.75, 3.05) is 33.4 Å². The van der Waals surface area contributed by atoms with E-state index in [1.165, 1.54) is 19.2 Å². The van der Waals surface area contributed by atoms with E-state index in [-0.39, 0.29) is 30.9 Å². The van der Waals surface area contributed by atoms with Gasteiger partial charge in [0.25, 0.3) is 0 Å². The van der Waals surface area contributed by atoms with E-state index in [4.69, 9.17) is 9.47 Å². The predicted octanol–water partition coefficient (Wildman–Crippen LogP) is 2.19. The molecule has 6 heteroatoms. The number of hydrogen-bond donors (Lipinski definition) is 0. The maximum absolute atomic E-state index is 13.1. The number of amides is 1. The summed E-state index contributed by atoms with van der Waals surface area (Å²) < 4.78 is 23.3. The van der Waals surface area contributed by atoms with Gasteiger partial charge >= 0.3 is 5.97 Å². The molecule has 0 saturated carbocycles. The van der Waals surface area contributed by atoms with Gasteiger partial charge in [-0.2, -0.15) is 0 Å². The number of benzene rings is 1. The average molecular weight is 337 g/mol. The fourth-order valence-electron chi connectivity index (χ4n) is 3.22. The van der Waals surface area contributed by atoms with Crippen LogP contribution in [0.15, 0.2) is 24.3 Å². The van der Waals surface area contributed by atoms with Gasteiger partial charge in [-0.05, 0) is 43.9 Å². The summed E-state index contributed by atoms with van der Waals surface area (Å²) >= 11 is 0. The highest BCUT2D eigenvalue weighted by Gasteiger charge is 2.44. The molecule has 132 valence electrons. The average Bonchev–Trinajstić information content (AvgIpc) is 2.57. The number of piperidine rings is 1. The van der Waals surface area contributed by atoms with Crippen LogP contribution in [0.3, 0.4) is 0 Å². The van der Waals surface area contributed by atoms with Crippen LogP contribution >= 0.6 is 0 Å². The second-order valence-electron chi connectivity index (χ2n) is 6.16. The van der Waals surface area contributed by atoms with Crippen LogP contribution in [0.2, 0.25) is 0 Å². The number of nitrogens with zero attached hydrogens (tertiary/aromatic N) is 1. The van der Waals surface area contributed by atoms with Crippen molar-refractivity contribution < 1.29 is 23.5 Å². The lowest BCUT2D eigenvalue weighted by molar-refractivity contribution is -0.161. The fraction of sp³-hybridized carbons (Fsp3) is 0.556. The van der Waals surface area contributed by atoms with Crippen molar-refractivity contribution in [1.82, 2.24) is 4.90 Å². The topological polar surface area (TPSA) is 55.8 Å². The molecular weight excluding hydrogens is 313 g/mol. The number of carbonyl (C=O) groups is 2. The molecule has 0 unspecified atom stereocenters. The molecule has 0 radical (unpaired) electrons. The molecule has 1 atom stereocenters. The monoisotopic (exact) mass is 337 g/mol. The van der Waals surface area contributed by atoms with E-state index in [0.29, 0.717) is 25.9 Å². The van der Waals surface area contributed by atoms with Gasteiger partial charge in [0.05, 0.1) is 12.0 Å². The van der Waals surface area contributed by atoms with Gasteiger partial charge in [0, 0.05) is 20.2 Å². The van der Waals surface area contributed by atoms with Crippen LogP contribution in [0.25, 0.3) is 0 Å². The van der Waals surface area contributed by atoms with Crippen molar-refractivity contribution in [3.63, 3.8) is 0 Å². The van der Waals surface area contributed by atoms with Crippen LogP contribution < -0.4 is 0 Å². The molecule has 1 aliphatic heterocycles. The van der Waals surface area contributed by atoms with Crippen molar-refractivity contribution in [2.45, 2.75) is 26.2 Å². The second kappa shape index (κ2) is 8.24. The standard InChI is InChI=1S/C18H24FNO4/c1-3-24-17(22)18(11-14-5-7-15(19)8-6-14)9-4-10-20(13-18)16(21)12-23-2/h5-8H,3-4,9-13H2,1-2H3/t18-/m0/s1. The lowest BCUT2D eigenvalue weighted by Gasteiger charge is -2.41. The SMILES string of the molecule is CCOC(=O)[C@]1(Cc2ccc(F)cc2)CCCN(C(=O)COC)C1. The van der Waals surface area contributed by atoms with Crippen molar-refractivity contribution >= 4 is 11.9 Å². The Bertz CT molecular complexity index is 575. The molecule has 24 heavy (non-hydrogen) atoms. The largest absolute Gasteiger partial charge is 0.466 e. The highest BCUT2D eigenvalue weighted by Crippen LogP contribution is 2.35. The maximum atomic E-state index is 13.1.